The molecule has 39 heavy (non-hydrogen) atoms. The maximum Gasteiger partial charge on any atom is 0.303 e. The van der Waals surface area contributed by atoms with E-state index in [1.807, 2.05) is 0 Å². The Morgan fingerprint density at radius 2 is 1.28 bits per heavy atom. The molecule has 1 saturated carbocycles. The number of methoxy groups -OCH3 is 1. The lowest BCUT2D eigenvalue weighted by atomic mass is 9.84. The minimum absolute atomic E-state index is 0.581. The molecule has 0 spiro atoms. The van der Waals surface area contributed by atoms with Crippen molar-refractivity contribution >= 4 is 58.6 Å². The molecular weight excluding hydrogens is 597 g/mol. The number of aliphatic hydroxyl groups is 4. The first-order valence-electron chi connectivity index (χ1n) is 11.4. The molecule has 15 nitrogen and oxygen atoms in total. The molecule has 1 amide bonds. The average molecular weight is 627 g/mol. The monoisotopic (exact) mass is 625 g/mol. The number of amides is 1. The molecule has 0 bridgehead atoms. The van der Waals surface area contributed by atoms with Crippen molar-refractivity contribution in [3.05, 3.63) is 0 Å². The van der Waals surface area contributed by atoms with Gasteiger partial charge in [0.05, 0.1) is 0 Å². The van der Waals surface area contributed by atoms with E-state index in [-0.39, 0.29) is 0 Å². The van der Waals surface area contributed by atoms with Crippen LogP contribution in [0.5, 0.6) is 0 Å². The van der Waals surface area contributed by atoms with Crippen LogP contribution in [0.15, 0.2) is 0 Å². The number of alkyl halides is 3. The number of carbonyl (C=O) groups excluding carboxylic acids is 4. The lowest BCUT2D eigenvalue weighted by molar-refractivity contribution is -0.322. The first-order valence-corrected chi connectivity index (χ1v) is 12.5. The van der Waals surface area contributed by atoms with Gasteiger partial charge in [-0.15, -0.1) is 0 Å². The van der Waals surface area contributed by atoms with Gasteiger partial charge >= 0.3 is 17.9 Å². The fraction of sp³-hybridized carbons (Fsp3) is 0.810. The largest absolute Gasteiger partial charge is 0.463 e. The first kappa shape index (κ1) is 33.7. The molecule has 224 valence electrons. The third-order valence-corrected chi connectivity index (χ3v) is 6.38. The lowest BCUT2D eigenvalue weighted by Gasteiger charge is -2.48. The molecule has 11 atom stereocenters. The van der Waals surface area contributed by atoms with E-state index in [0.717, 1.165) is 27.9 Å². The third-order valence-electron chi connectivity index (χ3n) is 5.87. The molecule has 2 rings (SSSR count). The van der Waals surface area contributed by atoms with Gasteiger partial charge in [-0.05, 0) is 0 Å². The van der Waals surface area contributed by atoms with Crippen LogP contribution in [0, 0.1) is 0 Å². The summed E-state index contributed by atoms with van der Waals surface area (Å²) in [5, 5.41) is 44.2. The summed E-state index contributed by atoms with van der Waals surface area (Å²) >= 11 is 17.0. The summed E-state index contributed by atoms with van der Waals surface area (Å²) in [7, 11) is 1.13. The van der Waals surface area contributed by atoms with Gasteiger partial charge in [0.15, 0.2) is 18.5 Å². The van der Waals surface area contributed by atoms with E-state index < -0.39 is 101 Å². The number of hydrogen-bond acceptors (Lipinski definition) is 14. The van der Waals surface area contributed by atoms with Crippen LogP contribution in [-0.4, -0.2) is 129 Å². The summed E-state index contributed by atoms with van der Waals surface area (Å²) in [5.74, 6) is -3.84. The maximum absolute atomic E-state index is 12.6. The molecule has 2 unspecified atom stereocenters. The minimum Gasteiger partial charge on any atom is -0.463 e. The van der Waals surface area contributed by atoms with Gasteiger partial charge in [0.1, 0.15) is 55.4 Å². The van der Waals surface area contributed by atoms with Gasteiger partial charge in [0.25, 0.3) is 9.70 Å². The summed E-state index contributed by atoms with van der Waals surface area (Å²) in [6, 6.07) is -1.66. The Hall–Kier alpha value is -1.53. The smallest absolute Gasteiger partial charge is 0.303 e. The van der Waals surface area contributed by atoms with E-state index in [9.17, 15) is 39.6 Å². The highest BCUT2D eigenvalue weighted by atomic mass is 35.6. The Bertz CT molecular complexity index is 888. The average Bonchev–Trinajstić information content (AvgIpc) is 2.81. The second kappa shape index (κ2) is 13.9. The number of carbonyl (C=O) groups is 4. The predicted octanol–water partition coefficient (Wildman–Crippen LogP) is -2.15. The second-order valence-corrected chi connectivity index (χ2v) is 11.0. The number of nitrogens with one attached hydrogen (secondary N) is 1. The summed E-state index contributed by atoms with van der Waals surface area (Å²) in [6.07, 6.45) is -16.9. The molecule has 1 aliphatic carbocycles. The van der Waals surface area contributed by atoms with Crippen molar-refractivity contribution in [3.63, 3.8) is 0 Å². The summed E-state index contributed by atoms with van der Waals surface area (Å²) in [5.41, 5.74) is 0. The van der Waals surface area contributed by atoms with Crippen LogP contribution >= 0.6 is 34.8 Å². The van der Waals surface area contributed by atoms with E-state index in [0.29, 0.717) is 0 Å². The Balaban J connectivity index is 2.56. The first-order chi connectivity index (χ1) is 18.0. The molecule has 1 heterocycles. The van der Waals surface area contributed by atoms with Gasteiger partial charge < -0.3 is 54.2 Å². The van der Waals surface area contributed by atoms with Crippen LogP contribution in [0.4, 0.5) is 0 Å². The van der Waals surface area contributed by atoms with Crippen molar-refractivity contribution in [1.29, 1.82) is 0 Å². The van der Waals surface area contributed by atoms with E-state index in [2.05, 4.69) is 5.32 Å². The molecule has 0 radical (unpaired) electrons. The second-order valence-electron chi connectivity index (χ2n) is 8.75. The van der Waals surface area contributed by atoms with Crippen molar-refractivity contribution in [2.45, 2.75) is 91.8 Å². The molecule has 1 aliphatic heterocycles. The fourth-order valence-corrected chi connectivity index (χ4v) is 4.35. The molecule has 2 aliphatic rings. The molecule has 18 heteroatoms. The van der Waals surface area contributed by atoms with E-state index in [4.69, 9.17) is 63.2 Å². The van der Waals surface area contributed by atoms with Crippen LogP contribution in [0.2, 0.25) is 0 Å². The summed E-state index contributed by atoms with van der Waals surface area (Å²) < 4.78 is 29.4. The highest BCUT2D eigenvalue weighted by Crippen LogP contribution is 2.34. The van der Waals surface area contributed by atoms with Gasteiger partial charge in [-0.1, -0.05) is 34.8 Å². The zero-order valence-electron chi connectivity index (χ0n) is 21.1. The topological polar surface area (TPSA) is 217 Å². The van der Waals surface area contributed by atoms with Crippen molar-refractivity contribution < 1.29 is 68.0 Å². The van der Waals surface area contributed by atoms with Crippen molar-refractivity contribution in [2.24, 2.45) is 0 Å². The fourth-order valence-electron chi connectivity index (χ4n) is 4.18. The van der Waals surface area contributed by atoms with Gasteiger partial charge in [0, 0.05) is 27.9 Å². The predicted molar refractivity (Wildman–Crippen MR) is 128 cm³/mol. The number of ether oxygens (including phenoxy) is 6. The quantitative estimate of drug-likeness (QED) is 0.110. The van der Waals surface area contributed by atoms with Gasteiger partial charge in [0.2, 0.25) is 0 Å². The third kappa shape index (κ3) is 8.48. The van der Waals surface area contributed by atoms with Crippen LogP contribution in [0.3, 0.4) is 0 Å². The molecular formula is C21H30Cl3NO14. The Labute approximate surface area is 237 Å². The van der Waals surface area contributed by atoms with Crippen LogP contribution in [0.1, 0.15) is 20.8 Å². The number of halogens is 3. The van der Waals surface area contributed by atoms with Crippen LogP contribution in [0.25, 0.3) is 0 Å². The molecule has 0 aromatic heterocycles. The highest BCUT2D eigenvalue weighted by Gasteiger charge is 2.56. The highest BCUT2D eigenvalue weighted by molar-refractivity contribution is 6.76. The van der Waals surface area contributed by atoms with Crippen molar-refractivity contribution in [2.75, 3.05) is 13.7 Å². The number of aliphatic hydroxyl groups excluding tert-OH is 4. The van der Waals surface area contributed by atoms with E-state index in [1.54, 1.807) is 0 Å². The maximum atomic E-state index is 12.6. The summed E-state index contributed by atoms with van der Waals surface area (Å²) in [4.78, 5) is 48.0. The number of esters is 3. The molecule has 1 saturated heterocycles. The van der Waals surface area contributed by atoms with E-state index in [1.165, 1.54) is 0 Å². The van der Waals surface area contributed by atoms with Gasteiger partial charge in [-0.2, -0.15) is 0 Å². The summed E-state index contributed by atoms with van der Waals surface area (Å²) in [6.45, 7) is 2.52. The Morgan fingerprint density at radius 1 is 0.795 bits per heavy atom. The molecule has 2 fully saturated rings. The minimum atomic E-state index is -2.56. The molecule has 0 aromatic rings. The number of rotatable bonds is 8. The van der Waals surface area contributed by atoms with Crippen LogP contribution in [-0.2, 0) is 47.6 Å². The number of hydrogen-bond donors (Lipinski definition) is 5. The normalized spacial score (nSPS) is 36.9. The molecule has 5 N–H and O–H groups in total. The SMILES string of the molecule is COC1[C@@H](O)[C@@H](O)C(O[C@@H]2O[C@H](COC(C)=O)[C@@H](OC(C)=O)[C@H](OC(C)=O)[C@H]2NC(=O)C(Cl)(Cl)Cl)[C@H](O)[C@H]1O. The zero-order valence-corrected chi connectivity index (χ0v) is 23.3. The molecule has 0 aromatic carbocycles. The Morgan fingerprint density at radius 3 is 1.72 bits per heavy atom. The van der Waals surface area contributed by atoms with Crippen molar-refractivity contribution in [1.82, 2.24) is 5.32 Å². The van der Waals surface area contributed by atoms with Gasteiger partial charge in [-0.25, -0.2) is 0 Å². The van der Waals surface area contributed by atoms with E-state index >= 15 is 0 Å². The standard InChI is InChI=1S/C21H30Cl3NO14/c1-6(26)35-5-9-15(36-7(2)27)16(37-8(3)28)10(25-20(33)21(22,23)24)19(38-9)39-18-13(31)11(29)17(34-4)12(30)14(18)32/h9-19,29-32H,5H2,1-4H3,(H,25,33)/t9-,10-,11-,12+,13-,14-,15-,16-,17?,18?,19+/m1/s1. The van der Waals surface area contributed by atoms with Crippen molar-refractivity contribution in [3.8, 4) is 0 Å². The zero-order chi connectivity index (χ0) is 29.8. The van der Waals surface area contributed by atoms with Gasteiger partial charge in [-0.3, -0.25) is 19.2 Å². The van der Waals surface area contributed by atoms with Crippen LogP contribution < -0.4 is 5.32 Å². The lowest BCUT2D eigenvalue weighted by Crippen LogP contribution is -2.70. The Kier molecular flexibility index (Phi) is 12.0.